The number of hydrogen-bond donors (Lipinski definition) is 2. The lowest BCUT2D eigenvalue weighted by Gasteiger charge is -2.20. The number of hydrogen-bond acceptors (Lipinski definition) is 6. The quantitative estimate of drug-likeness (QED) is 0.777. The van der Waals surface area contributed by atoms with Crippen molar-refractivity contribution in [3.63, 3.8) is 0 Å². The Morgan fingerprint density at radius 2 is 2.47 bits per heavy atom. The van der Waals surface area contributed by atoms with Gasteiger partial charge in [-0.05, 0) is 24.8 Å². The first-order valence-electron chi connectivity index (χ1n) is 6.35. The van der Waals surface area contributed by atoms with Gasteiger partial charge in [0.05, 0.1) is 19.0 Å². The van der Waals surface area contributed by atoms with Crippen LogP contribution < -0.4 is 10.6 Å². The third kappa shape index (κ3) is 2.96. The maximum absolute atomic E-state index is 11.8. The number of aliphatic hydroxyl groups excluding tert-OH is 1. The molecule has 0 aromatic carbocycles. The number of nitrogens with two attached hydrogens (primary N) is 1. The summed E-state index contributed by atoms with van der Waals surface area (Å²) < 4.78 is 4.76. The van der Waals surface area contributed by atoms with E-state index in [1.165, 1.54) is 7.11 Å². The van der Waals surface area contributed by atoms with Gasteiger partial charge in [0.15, 0.2) is 0 Å². The SMILES string of the molecule is COC(=O)c1cc(N)cnc1N1CCC(CCO)C1. The molecule has 2 rings (SSSR count). The first kappa shape index (κ1) is 13.6. The van der Waals surface area contributed by atoms with Crippen LogP contribution in [0.5, 0.6) is 0 Å². The molecule has 1 aromatic heterocycles. The van der Waals surface area contributed by atoms with Crippen LogP contribution in [0.3, 0.4) is 0 Å². The molecule has 0 saturated carbocycles. The van der Waals surface area contributed by atoms with Gasteiger partial charge in [-0.1, -0.05) is 0 Å². The molecule has 104 valence electrons. The van der Waals surface area contributed by atoms with Gasteiger partial charge in [0.25, 0.3) is 0 Å². The molecule has 1 aliphatic rings. The van der Waals surface area contributed by atoms with Crippen LogP contribution in [0.1, 0.15) is 23.2 Å². The molecule has 19 heavy (non-hydrogen) atoms. The van der Waals surface area contributed by atoms with Gasteiger partial charge < -0.3 is 20.5 Å². The van der Waals surface area contributed by atoms with Crippen LogP contribution in [0.25, 0.3) is 0 Å². The van der Waals surface area contributed by atoms with E-state index in [0.29, 0.717) is 23.0 Å². The first-order chi connectivity index (χ1) is 9.15. The minimum absolute atomic E-state index is 0.192. The van der Waals surface area contributed by atoms with Gasteiger partial charge >= 0.3 is 5.97 Å². The predicted octanol–water partition coefficient (Wildman–Crippen LogP) is 0.659. The topological polar surface area (TPSA) is 88.7 Å². The Kier molecular flexibility index (Phi) is 4.21. The molecule has 6 nitrogen and oxygen atoms in total. The van der Waals surface area contributed by atoms with Gasteiger partial charge in [0, 0.05) is 19.7 Å². The summed E-state index contributed by atoms with van der Waals surface area (Å²) in [5.74, 6) is 0.622. The zero-order valence-corrected chi connectivity index (χ0v) is 11.0. The molecule has 0 radical (unpaired) electrons. The highest BCUT2D eigenvalue weighted by molar-refractivity contribution is 5.95. The fourth-order valence-corrected chi connectivity index (χ4v) is 2.43. The standard InChI is InChI=1S/C13H19N3O3/c1-19-13(18)11-6-10(14)7-15-12(11)16-4-2-9(8-16)3-5-17/h6-7,9,17H,2-5,8,14H2,1H3. The summed E-state index contributed by atoms with van der Waals surface area (Å²) in [5, 5.41) is 8.98. The second-order valence-electron chi connectivity index (χ2n) is 4.74. The average Bonchev–Trinajstić information content (AvgIpc) is 2.86. The Balaban J connectivity index is 2.22. The molecule has 6 heteroatoms. The monoisotopic (exact) mass is 265 g/mol. The van der Waals surface area contributed by atoms with E-state index in [1.807, 2.05) is 4.90 Å². The van der Waals surface area contributed by atoms with Gasteiger partial charge in [-0.3, -0.25) is 0 Å². The summed E-state index contributed by atoms with van der Waals surface area (Å²) in [6.07, 6.45) is 3.31. The number of anilines is 2. The average molecular weight is 265 g/mol. The van der Waals surface area contributed by atoms with Gasteiger partial charge in [0.1, 0.15) is 11.4 Å². The molecule has 0 bridgehead atoms. The lowest BCUT2D eigenvalue weighted by Crippen LogP contribution is -2.24. The van der Waals surface area contributed by atoms with Crippen LogP contribution in [-0.4, -0.2) is 42.9 Å². The van der Waals surface area contributed by atoms with E-state index in [-0.39, 0.29) is 6.61 Å². The molecule has 1 fully saturated rings. The van der Waals surface area contributed by atoms with Crippen molar-refractivity contribution in [1.29, 1.82) is 0 Å². The number of esters is 1. The molecular formula is C13H19N3O3. The molecule has 3 N–H and O–H groups in total. The largest absolute Gasteiger partial charge is 0.465 e. The van der Waals surface area contributed by atoms with Crippen LogP contribution in [0.2, 0.25) is 0 Å². The number of carbonyl (C=O) groups excluding carboxylic acids is 1. The van der Waals surface area contributed by atoms with Gasteiger partial charge in [-0.25, -0.2) is 9.78 Å². The lowest BCUT2D eigenvalue weighted by molar-refractivity contribution is 0.0601. The molecular weight excluding hydrogens is 246 g/mol. The third-order valence-electron chi connectivity index (χ3n) is 3.42. The van der Waals surface area contributed by atoms with E-state index in [4.69, 9.17) is 15.6 Å². The molecule has 2 heterocycles. The van der Waals surface area contributed by atoms with E-state index < -0.39 is 5.97 Å². The van der Waals surface area contributed by atoms with Crippen molar-refractivity contribution in [3.8, 4) is 0 Å². The number of aliphatic hydroxyl groups is 1. The zero-order valence-electron chi connectivity index (χ0n) is 11.0. The van der Waals surface area contributed by atoms with E-state index in [2.05, 4.69) is 4.98 Å². The number of rotatable bonds is 4. The van der Waals surface area contributed by atoms with Crippen molar-refractivity contribution in [1.82, 2.24) is 4.98 Å². The highest BCUT2D eigenvalue weighted by Crippen LogP contribution is 2.28. The second-order valence-corrected chi connectivity index (χ2v) is 4.74. The van der Waals surface area contributed by atoms with E-state index in [0.717, 1.165) is 25.9 Å². The minimum Gasteiger partial charge on any atom is -0.465 e. The van der Waals surface area contributed by atoms with Crippen molar-refractivity contribution in [3.05, 3.63) is 17.8 Å². The normalized spacial score (nSPS) is 18.6. The van der Waals surface area contributed by atoms with E-state index >= 15 is 0 Å². The van der Waals surface area contributed by atoms with Crippen LogP contribution in [0, 0.1) is 5.92 Å². The van der Waals surface area contributed by atoms with Gasteiger partial charge in [0.2, 0.25) is 0 Å². The molecule has 0 amide bonds. The fourth-order valence-electron chi connectivity index (χ4n) is 2.43. The minimum atomic E-state index is -0.430. The number of nitrogen functional groups attached to an aromatic ring is 1. The Bertz CT molecular complexity index is 464. The number of carbonyl (C=O) groups is 1. The van der Waals surface area contributed by atoms with Crippen molar-refractivity contribution >= 4 is 17.5 Å². The molecule has 1 unspecified atom stereocenters. The Labute approximate surface area is 112 Å². The number of pyridine rings is 1. The Morgan fingerprint density at radius 3 is 3.16 bits per heavy atom. The summed E-state index contributed by atoms with van der Waals surface area (Å²) in [4.78, 5) is 18.1. The number of aromatic nitrogens is 1. The van der Waals surface area contributed by atoms with Crippen LogP contribution in [0.4, 0.5) is 11.5 Å². The highest BCUT2D eigenvalue weighted by Gasteiger charge is 2.26. The molecule has 1 saturated heterocycles. The second kappa shape index (κ2) is 5.88. The molecule has 0 aliphatic carbocycles. The van der Waals surface area contributed by atoms with Crippen LogP contribution in [-0.2, 0) is 4.74 Å². The van der Waals surface area contributed by atoms with Crippen LogP contribution >= 0.6 is 0 Å². The number of methoxy groups -OCH3 is 1. The predicted molar refractivity (Wildman–Crippen MR) is 72.0 cm³/mol. The number of ether oxygens (including phenoxy) is 1. The van der Waals surface area contributed by atoms with Crippen molar-refractivity contribution < 1.29 is 14.6 Å². The summed E-state index contributed by atoms with van der Waals surface area (Å²) in [6.45, 7) is 1.81. The fraction of sp³-hybridized carbons (Fsp3) is 0.538. The van der Waals surface area contributed by atoms with Gasteiger partial charge in [-0.15, -0.1) is 0 Å². The smallest absolute Gasteiger partial charge is 0.341 e. The maximum Gasteiger partial charge on any atom is 0.341 e. The summed E-state index contributed by atoms with van der Waals surface area (Å²) in [6, 6.07) is 1.59. The van der Waals surface area contributed by atoms with E-state index in [9.17, 15) is 4.79 Å². The van der Waals surface area contributed by atoms with Crippen LogP contribution in [0.15, 0.2) is 12.3 Å². The number of nitrogens with zero attached hydrogens (tertiary/aromatic N) is 2. The Hall–Kier alpha value is -1.82. The molecule has 1 atom stereocenters. The lowest BCUT2D eigenvalue weighted by atomic mass is 10.1. The highest BCUT2D eigenvalue weighted by atomic mass is 16.5. The zero-order chi connectivity index (χ0) is 13.8. The van der Waals surface area contributed by atoms with Crippen molar-refractivity contribution in [2.75, 3.05) is 37.4 Å². The van der Waals surface area contributed by atoms with Crippen molar-refractivity contribution in [2.45, 2.75) is 12.8 Å². The summed E-state index contributed by atoms with van der Waals surface area (Å²) >= 11 is 0. The Morgan fingerprint density at radius 1 is 1.68 bits per heavy atom. The molecule has 1 aliphatic heterocycles. The molecule has 1 aromatic rings. The molecule has 0 spiro atoms. The van der Waals surface area contributed by atoms with E-state index in [1.54, 1.807) is 12.3 Å². The summed E-state index contributed by atoms with van der Waals surface area (Å²) in [7, 11) is 1.34. The van der Waals surface area contributed by atoms with Crippen molar-refractivity contribution in [2.24, 2.45) is 5.92 Å². The summed E-state index contributed by atoms with van der Waals surface area (Å²) in [5.41, 5.74) is 6.51. The van der Waals surface area contributed by atoms with Gasteiger partial charge in [-0.2, -0.15) is 0 Å². The first-order valence-corrected chi connectivity index (χ1v) is 6.35. The maximum atomic E-state index is 11.8. The third-order valence-corrected chi connectivity index (χ3v) is 3.42.